The average molecular weight is 690 g/mol. The molecule has 1 fully saturated rings. The van der Waals surface area contributed by atoms with Crippen molar-refractivity contribution in [3.63, 3.8) is 0 Å². The molecule has 0 unspecified atom stereocenters. The summed E-state index contributed by atoms with van der Waals surface area (Å²) in [5.41, 5.74) is 4.77. The largest absolute Gasteiger partial charge is 0.464 e. The number of hydrogen-bond acceptors (Lipinski definition) is 9. The molecule has 9 heteroatoms. The SMILES string of the molecule is COC(=O)c1cccc(CO[C@H]2O[C@H](COCc3ccccc3)[C@@H](OCc3ccccc3)[C@H](OCc3ccccc3)[C@@H]2OCc2ccccc2)n1. The van der Waals surface area contributed by atoms with Crippen LogP contribution in [0.15, 0.2) is 140 Å². The molecule has 0 radical (unpaired) electrons. The molecule has 5 aromatic rings. The summed E-state index contributed by atoms with van der Waals surface area (Å²) in [7, 11) is 1.32. The van der Waals surface area contributed by atoms with E-state index >= 15 is 0 Å². The Morgan fingerprint density at radius 2 is 1.04 bits per heavy atom. The summed E-state index contributed by atoms with van der Waals surface area (Å²) >= 11 is 0. The van der Waals surface area contributed by atoms with Gasteiger partial charge >= 0.3 is 5.97 Å². The van der Waals surface area contributed by atoms with Gasteiger partial charge in [0.2, 0.25) is 0 Å². The van der Waals surface area contributed by atoms with Gasteiger partial charge in [-0.3, -0.25) is 0 Å². The zero-order chi connectivity index (χ0) is 35.1. The molecule has 0 saturated carbocycles. The van der Waals surface area contributed by atoms with E-state index in [1.165, 1.54) is 7.11 Å². The van der Waals surface area contributed by atoms with Crippen LogP contribution in [0.3, 0.4) is 0 Å². The van der Waals surface area contributed by atoms with E-state index in [2.05, 4.69) is 4.98 Å². The van der Waals surface area contributed by atoms with Crippen molar-refractivity contribution in [2.24, 2.45) is 0 Å². The van der Waals surface area contributed by atoms with Gasteiger partial charge in [0.05, 0.1) is 52.4 Å². The minimum Gasteiger partial charge on any atom is -0.464 e. The Hall–Kier alpha value is -4.74. The highest BCUT2D eigenvalue weighted by molar-refractivity contribution is 5.87. The molecule has 264 valence electrons. The molecule has 51 heavy (non-hydrogen) atoms. The maximum absolute atomic E-state index is 12.2. The molecule has 1 saturated heterocycles. The standard InChI is InChI=1S/C42H43NO8/c1-45-41(44)36-24-14-23-35(43-36)29-50-42-40(49-28-34-21-12-5-13-22-34)39(48-27-33-19-10-4-11-20-33)38(47-26-32-17-8-3-9-18-32)37(51-42)30-46-25-31-15-6-2-7-16-31/h2-24,37-40,42H,25-30H2,1H3/t37-,38-,39+,40+,42+/m1/s1. The Kier molecular flexibility index (Phi) is 13.5. The van der Waals surface area contributed by atoms with Crippen molar-refractivity contribution in [1.82, 2.24) is 4.98 Å². The number of nitrogens with zero attached hydrogens (tertiary/aromatic N) is 1. The van der Waals surface area contributed by atoms with Gasteiger partial charge in [-0.15, -0.1) is 0 Å². The number of benzene rings is 4. The van der Waals surface area contributed by atoms with Crippen molar-refractivity contribution in [3.8, 4) is 0 Å². The van der Waals surface area contributed by atoms with Crippen LogP contribution in [-0.2, 0) is 66.2 Å². The zero-order valence-electron chi connectivity index (χ0n) is 28.6. The summed E-state index contributed by atoms with van der Waals surface area (Å²) in [5, 5.41) is 0. The fraction of sp³-hybridized carbons (Fsp3) is 0.286. The molecule has 5 atom stereocenters. The van der Waals surface area contributed by atoms with Gasteiger partial charge in [0.15, 0.2) is 6.29 Å². The third-order valence-corrected chi connectivity index (χ3v) is 8.44. The maximum atomic E-state index is 12.2. The zero-order valence-corrected chi connectivity index (χ0v) is 28.6. The van der Waals surface area contributed by atoms with Gasteiger partial charge in [-0.25, -0.2) is 9.78 Å². The fourth-order valence-corrected chi connectivity index (χ4v) is 5.83. The van der Waals surface area contributed by atoms with Gasteiger partial charge in [-0.2, -0.15) is 0 Å². The van der Waals surface area contributed by atoms with Crippen molar-refractivity contribution in [1.29, 1.82) is 0 Å². The quantitative estimate of drug-likeness (QED) is 0.0950. The number of hydrogen-bond donors (Lipinski definition) is 0. The number of carbonyl (C=O) groups is 1. The molecule has 4 aromatic carbocycles. The van der Waals surface area contributed by atoms with E-state index in [1.54, 1.807) is 18.2 Å². The van der Waals surface area contributed by atoms with E-state index in [9.17, 15) is 4.79 Å². The average Bonchev–Trinajstić information content (AvgIpc) is 3.19. The Balaban J connectivity index is 1.31. The molecule has 0 bridgehead atoms. The number of aromatic nitrogens is 1. The van der Waals surface area contributed by atoms with Crippen LogP contribution in [0.1, 0.15) is 38.4 Å². The second-order valence-electron chi connectivity index (χ2n) is 12.1. The normalized spacial score (nSPS) is 20.1. The lowest BCUT2D eigenvalue weighted by atomic mass is 9.97. The smallest absolute Gasteiger partial charge is 0.356 e. The second-order valence-corrected chi connectivity index (χ2v) is 12.1. The van der Waals surface area contributed by atoms with Crippen LogP contribution in [0.2, 0.25) is 0 Å². The molecule has 0 spiro atoms. The molecule has 0 amide bonds. The van der Waals surface area contributed by atoms with Crippen molar-refractivity contribution >= 4 is 5.97 Å². The third kappa shape index (κ3) is 10.6. The molecule has 0 aliphatic carbocycles. The van der Waals surface area contributed by atoms with Crippen LogP contribution in [0.25, 0.3) is 0 Å². The predicted molar refractivity (Wildman–Crippen MR) is 190 cm³/mol. The van der Waals surface area contributed by atoms with E-state index < -0.39 is 36.7 Å². The van der Waals surface area contributed by atoms with E-state index in [-0.39, 0.29) is 25.5 Å². The molecule has 9 nitrogen and oxygen atoms in total. The summed E-state index contributed by atoms with van der Waals surface area (Å²) < 4.78 is 44.5. The lowest BCUT2D eigenvalue weighted by molar-refractivity contribution is -0.331. The number of pyridine rings is 1. The Morgan fingerprint density at radius 1 is 0.549 bits per heavy atom. The van der Waals surface area contributed by atoms with Crippen molar-refractivity contribution in [2.45, 2.75) is 63.7 Å². The van der Waals surface area contributed by atoms with Gasteiger partial charge in [-0.05, 0) is 34.4 Å². The maximum Gasteiger partial charge on any atom is 0.356 e. The minimum atomic E-state index is -0.903. The first kappa shape index (κ1) is 36.1. The Morgan fingerprint density at radius 3 is 1.57 bits per heavy atom. The highest BCUT2D eigenvalue weighted by Crippen LogP contribution is 2.32. The van der Waals surface area contributed by atoms with Gasteiger partial charge in [0.25, 0.3) is 0 Å². The first-order valence-corrected chi connectivity index (χ1v) is 17.1. The first-order valence-electron chi connectivity index (χ1n) is 17.1. The third-order valence-electron chi connectivity index (χ3n) is 8.44. The molecular weight excluding hydrogens is 646 g/mol. The summed E-state index contributed by atoms with van der Waals surface area (Å²) in [6, 6.07) is 45.0. The monoisotopic (exact) mass is 689 g/mol. The number of rotatable bonds is 17. The lowest BCUT2D eigenvalue weighted by Crippen LogP contribution is -2.61. The summed E-state index contributed by atoms with van der Waals surface area (Å²) in [6.07, 6.45) is -3.43. The van der Waals surface area contributed by atoms with Gasteiger partial charge in [0, 0.05) is 0 Å². The van der Waals surface area contributed by atoms with Crippen LogP contribution >= 0.6 is 0 Å². The van der Waals surface area contributed by atoms with Crippen molar-refractivity contribution < 1.29 is 38.0 Å². The number of carbonyl (C=O) groups excluding carboxylic acids is 1. The molecule has 1 aliphatic heterocycles. The number of esters is 1. The Labute approximate surface area is 299 Å². The predicted octanol–water partition coefficient (Wildman–Crippen LogP) is 7.08. The van der Waals surface area contributed by atoms with Crippen molar-refractivity contribution in [2.75, 3.05) is 13.7 Å². The first-order chi connectivity index (χ1) is 25.2. The topological polar surface area (TPSA) is 94.6 Å². The van der Waals surface area contributed by atoms with Crippen LogP contribution in [-0.4, -0.2) is 55.4 Å². The molecule has 1 aromatic heterocycles. The lowest BCUT2D eigenvalue weighted by Gasteiger charge is -2.45. The summed E-state index contributed by atoms with van der Waals surface area (Å²) in [5.74, 6) is -0.529. The van der Waals surface area contributed by atoms with Crippen LogP contribution in [0, 0.1) is 0 Å². The van der Waals surface area contributed by atoms with Crippen LogP contribution in [0.5, 0.6) is 0 Å². The van der Waals surface area contributed by atoms with E-state index in [1.807, 2.05) is 121 Å². The van der Waals surface area contributed by atoms with Crippen molar-refractivity contribution in [3.05, 3.63) is 173 Å². The van der Waals surface area contributed by atoms with Crippen LogP contribution in [0.4, 0.5) is 0 Å². The molecule has 1 aliphatic rings. The van der Waals surface area contributed by atoms with Gasteiger partial charge < -0.3 is 33.2 Å². The van der Waals surface area contributed by atoms with Gasteiger partial charge in [0.1, 0.15) is 30.1 Å². The summed E-state index contributed by atoms with van der Waals surface area (Å²) in [6.45, 7) is 1.58. The number of ether oxygens (including phenoxy) is 7. The Bertz CT molecular complexity index is 1740. The summed E-state index contributed by atoms with van der Waals surface area (Å²) in [4.78, 5) is 16.7. The van der Waals surface area contributed by atoms with E-state index in [0.29, 0.717) is 25.5 Å². The molecule has 2 heterocycles. The number of methoxy groups -OCH3 is 1. The molecule has 0 N–H and O–H groups in total. The highest BCUT2D eigenvalue weighted by atomic mass is 16.7. The minimum absolute atomic E-state index is 0.0409. The van der Waals surface area contributed by atoms with Gasteiger partial charge in [-0.1, -0.05) is 127 Å². The van der Waals surface area contributed by atoms with E-state index in [0.717, 1.165) is 22.3 Å². The highest BCUT2D eigenvalue weighted by Gasteiger charge is 2.49. The molecular formula is C42H43NO8. The second kappa shape index (κ2) is 19.0. The van der Waals surface area contributed by atoms with Crippen LogP contribution < -0.4 is 0 Å². The molecule has 6 rings (SSSR count). The van der Waals surface area contributed by atoms with E-state index in [4.69, 9.17) is 33.2 Å². The fourth-order valence-electron chi connectivity index (χ4n) is 5.83.